The number of hydrogen-bond acceptors (Lipinski definition) is 3. The van der Waals surface area contributed by atoms with Crippen molar-refractivity contribution in [3.8, 4) is 45.3 Å². The monoisotopic (exact) mass is 678 g/mol. The summed E-state index contributed by atoms with van der Waals surface area (Å²) < 4.78 is 6.96. The second-order valence-electron chi connectivity index (χ2n) is 13.4. The Kier molecular flexibility index (Phi) is 6.45. The Morgan fingerprint density at radius 1 is 0.340 bits per heavy atom. The highest BCUT2D eigenvalue weighted by molar-refractivity contribution is 6.14. The van der Waals surface area contributed by atoms with Crippen LogP contribution in [-0.4, -0.2) is 28.5 Å². The van der Waals surface area contributed by atoms with Crippen molar-refractivity contribution in [3.05, 3.63) is 182 Å². The van der Waals surface area contributed by atoms with Gasteiger partial charge in [-0.2, -0.15) is 0 Å². The summed E-state index contributed by atoms with van der Waals surface area (Å²) in [6.07, 6.45) is 0. The number of fused-ring (bicyclic) bond motifs is 8. The van der Waals surface area contributed by atoms with Gasteiger partial charge in [0.1, 0.15) is 0 Å². The van der Waals surface area contributed by atoms with Gasteiger partial charge >= 0.3 is 0 Å². The maximum atomic E-state index is 5.16. The number of nitrogens with zero attached hydrogens (tertiary/aromatic N) is 6. The summed E-state index contributed by atoms with van der Waals surface area (Å²) in [6.45, 7) is 0. The maximum Gasteiger partial charge on any atom is 0.220 e. The third kappa shape index (κ3) is 4.63. The van der Waals surface area contributed by atoms with Gasteiger partial charge in [0.2, 0.25) is 5.78 Å². The van der Waals surface area contributed by atoms with Crippen LogP contribution in [0.25, 0.3) is 94.9 Å². The van der Waals surface area contributed by atoms with Crippen LogP contribution in [0.5, 0.6) is 0 Å². The minimum absolute atomic E-state index is 0.700. The van der Waals surface area contributed by atoms with E-state index < -0.39 is 0 Å². The summed E-state index contributed by atoms with van der Waals surface area (Å²) in [5, 5.41) is 2.38. The fourth-order valence-corrected chi connectivity index (χ4v) is 7.84. The topological polar surface area (TPSA) is 52.9 Å². The Morgan fingerprint density at radius 2 is 0.962 bits per heavy atom. The Labute approximate surface area is 304 Å². The molecule has 0 saturated carbocycles. The van der Waals surface area contributed by atoms with E-state index in [-0.39, 0.29) is 0 Å². The lowest BCUT2D eigenvalue weighted by Gasteiger charge is -2.12. The minimum Gasteiger partial charge on any atom is -0.309 e. The Bertz CT molecular complexity index is 3100. The summed E-state index contributed by atoms with van der Waals surface area (Å²) in [7, 11) is 0. The first kappa shape index (κ1) is 29.4. The molecule has 0 N–H and O–H groups in total. The summed E-state index contributed by atoms with van der Waals surface area (Å²) >= 11 is 0. The molecule has 0 spiro atoms. The number of para-hydroxylation sites is 4. The molecule has 0 atom stereocenters. The second kappa shape index (κ2) is 11.6. The van der Waals surface area contributed by atoms with E-state index >= 15 is 0 Å². The molecule has 0 unspecified atom stereocenters. The molecule has 0 bridgehead atoms. The third-order valence-corrected chi connectivity index (χ3v) is 10.2. The molecule has 0 amide bonds. The molecule has 4 aromatic heterocycles. The van der Waals surface area contributed by atoms with Crippen molar-refractivity contribution in [1.29, 1.82) is 0 Å². The molecule has 248 valence electrons. The molecule has 0 saturated heterocycles. The van der Waals surface area contributed by atoms with Crippen molar-refractivity contribution in [2.75, 3.05) is 0 Å². The molecule has 0 aliphatic rings. The molecule has 6 nitrogen and oxygen atoms in total. The van der Waals surface area contributed by atoms with Gasteiger partial charge in [0.25, 0.3) is 0 Å². The lowest BCUT2D eigenvalue weighted by atomic mass is 10.1. The number of hydrogen-bond donors (Lipinski definition) is 0. The number of imidazole rings is 2. The van der Waals surface area contributed by atoms with Gasteiger partial charge < -0.3 is 4.57 Å². The Balaban J connectivity index is 1.17. The number of rotatable bonds is 5. The highest BCUT2D eigenvalue weighted by atomic mass is 15.2. The predicted molar refractivity (Wildman–Crippen MR) is 216 cm³/mol. The largest absolute Gasteiger partial charge is 0.309 e. The lowest BCUT2D eigenvalue weighted by Crippen LogP contribution is -1.98. The van der Waals surface area contributed by atoms with Gasteiger partial charge in [-0.1, -0.05) is 121 Å². The van der Waals surface area contributed by atoms with Gasteiger partial charge in [0.15, 0.2) is 5.82 Å². The van der Waals surface area contributed by atoms with Gasteiger partial charge in [-0.15, -0.1) is 0 Å². The van der Waals surface area contributed by atoms with Crippen LogP contribution in [-0.2, 0) is 0 Å². The normalized spacial score (nSPS) is 11.8. The van der Waals surface area contributed by atoms with Crippen LogP contribution in [0.2, 0.25) is 0 Å². The summed E-state index contributed by atoms with van der Waals surface area (Å²) in [5.41, 5.74) is 13.5. The van der Waals surface area contributed by atoms with Crippen molar-refractivity contribution >= 4 is 49.7 Å². The summed E-state index contributed by atoms with van der Waals surface area (Å²) in [5.74, 6) is 1.59. The van der Waals surface area contributed by atoms with Crippen molar-refractivity contribution in [1.82, 2.24) is 28.5 Å². The molecule has 7 aromatic carbocycles. The molecule has 11 aromatic rings. The SMILES string of the molecule is c1ccc(-c2cc(-c3cccc(-n4c5ccccc5c5cc6c(cc54)n(-c4ccccc4)c4nc5ccccc5n64)c3)nc(-c3ccccc3)n2)cc1. The number of aromatic nitrogens is 6. The zero-order chi connectivity index (χ0) is 34.9. The van der Waals surface area contributed by atoms with Crippen molar-refractivity contribution in [2.45, 2.75) is 0 Å². The van der Waals surface area contributed by atoms with Crippen molar-refractivity contribution in [3.63, 3.8) is 0 Å². The molecule has 53 heavy (non-hydrogen) atoms. The van der Waals surface area contributed by atoms with E-state index in [0.29, 0.717) is 5.82 Å². The first-order chi connectivity index (χ1) is 26.3. The van der Waals surface area contributed by atoms with E-state index in [2.05, 4.69) is 159 Å². The molecule has 0 aliphatic carbocycles. The van der Waals surface area contributed by atoms with Gasteiger partial charge in [-0.25, -0.2) is 15.0 Å². The van der Waals surface area contributed by atoms with E-state index in [1.54, 1.807) is 0 Å². The van der Waals surface area contributed by atoms with Crippen LogP contribution in [0.3, 0.4) is 0 Å². The van der Waals surface area contributed by atoms with E-state index in [4.69, 9.17) is 15.0 Å². The van der Waals surface area contributed by atoms with Crippen LogP contribution >= 0.6 is 0 Å². The fraction of sp³-hybridized carbons (Fsp3) is 0. The fourth-order valence-electron chi connectivity index (χ4n) is 7.84. The summed E-state index contributed by atoms with van der Waals surface area (Å²) in [4.78, 5) is 15.3. The molecule has 6 heteroatoms. The smallest absolute Gasteiger partial charge is 0.220 e. The van der Waals surface area contributed by atoms with Crippen LogP contribution in [0.1, 0.15) is 0 Å². The minimum atomic E-state index is 0.700. The summed E-state index contributed by atoms with van der Waals surface area (Å²) in [6, 6.07) is 63.6. The average Bonchev–Trinajstić information content (AvgIpc) is 3.87. The van der Waals surface area contributed by atoms with E-state index in [1.807, 2.05) is 36.4 Å². The van der Waals surface area contributed by atoms with Crippen LogP contribution in [0, 0.1) is 0 Å². The van der Waals surface area contributed by atoms with E-state index in [0.717, 1.165) is 78.3 Å². The zero-order valence-corrected chi connectivity index (χ0v) is 28.5. The zero-order valence-electron chi connectivity index (χ0n) is 28.5. The Hall–Kier alpha value is -7.31. The van der Waals surface area contributed by atoms with Crippen LogP contribution in [0.15, 0.2) is 182 Å². The van der Waals surface area contributed by atoms with Gasteiger partial charge in [-0.05, 0) is 60.7 Å². The average molecular weight is 679 g/mol. The Morgan fingerprint density at radius 3 is 1.75 bits per heavy atom. The molecular formula is C47H30N6. The number of benzene rings is 7. The molecule has 4 heterocycles. The lowest BCUT2D eigenvalue weighted by molar-refractivity contribution is 1.11. The molecule has 11 rings (SSSR count). The maximum absolute atomic E-state index is 5.16. The highest BCUT2D eigenvalue weighted by Gasteiger charge is 2.21. The molecule has 0 fully saturated rings. The first-order valence-corrected chi connectivity index (χ1v) is 17.8. The molecular weight excluding hydrogens is 649 g/mol. The molecule has 0 radical (unpaired) electrons. The first-order valence-electron chi connectivity index (χ1n) is 17.8. The van der Waals surface area contributed by atoms with Crippen molar-refractivity contribution in [2.24, 2.45) is 0 Å². The van der Waals surface area contributed by atoms with E-state index in [9.17, 15) is 0 Å². The van der Waals surface area contributed by atoms with Crippen LogP contribution < -0.4 is 0 Å². The van der Waals surface area contributed by atoms with Crippen molar-refractivity contribution < 1.29 is 0 Å². The van der Waals surface area contributed by atoms with Gasteiger partial charge in [0.05, 0.1) is 44.5 Å². The highest BCUT2D eigenvalue weighted by Crippen LogP contribution is 2.39. The van der Waals surface area contributed by atoms with Gasteiger partial charge in [0, 0.05) is 38.8 Å². The third-order valence-electron chi connectivity index (χ3n) is 10.2. The quantitative estimate of drug-likeness (QED) is 0.182. The standard InChI is InChI=1S/C47H30N6/c1-4-15-31(16-5-1)39-29-40(49-46(48-39)32-17-6-2-7-18-32)33-19-14-22-35(27-33)51-41-25-12-10-23-36(41)37-28-44-45(30-43(37)51)52(34-20-8-3-9-21-34)47-50-38-24-11-13-26-42(38)53(44)47/h1-30H. The van der Waals surface area contributed by atoms with Gasteiger partial charge in [-0.3, -0.25) is 8.97 Å². The van der Waals surface area contributed by atoms with E-state index in [1.165, 1.54) is 10.8 Å². The second-order valence-corrected chi connectivity index (χ2v) is 13.4. The van der Waals surface area contributed by atoms with Crippen LogP contribution in [0.4, 0.5) is 0 Å². The predicted octanol–water partition coefficient (Wildman–Crippen LogP) is 11.3. The molecule has 0 aliphatic heterocycles.